The molecule has 2 aromatic rings. The Balaban J connectivity index is 1.70. The van der Waals surface area contributed by atoms with Crippen LogP contribution in [0.15, 0.2) is 30.6 Å². The highest BCUT2D eigenvalue weighted by Gasteiger charge is 2.25. The van der Waals surface area contributed by atoms with Gasteiger partial charge in [0.2, 0.25) is 5.91 Å². The number of hydrogen-bond acceptors (Lipinski definition) is 5. The van der Waals surface area contributed by atoms with Crippen LogP contribution in [0.2, 0.25) is 0 Å². The summed E-state index contributed by atoms with van der Waals surface area (Å²) in [6.07, 6.45) is 5.22. The van der Waals surface area contributed by atoms with E-state index in [1.807, 2.05) is 24.3 Å². The minimum atomic E-state index is 0.00504. The van der Waals surface area contributed by atoms with E-state index in [4.69, 9.17) is 5.73 Å². The fraction of sp³-hybridized carbons (Fsp3) is 0.429. The van der Waals surface area contributed by atoms with Crippen molar-refractivity contribution in [3.05, 3.63) is 30.6 Å². The SMILES string of the molecule is NC1CCCC(C(=O)Nc2cccc(-n3cnnn3)c2)C1. The van der Waals surface area contributed by atoms with Crippen LogP contribution < -0.4 is 11.1 Å². The Labute approximate surface area is 122 Å². The van der Waals surface area contributed by atoms with E-state index in [0.29, 0.717) is 0 Å². The van der Waals surface area contributed by atoms with E-state index in [-0.39, 0.29) is 17.9 Å². The smallest absolute Gasteiger partial charge is 0.227 e. The lowest BCUT2D eigenvalue weighted by molar-refractivity contribution is -0.120. The highest BCUT2D eigenvalue weighted by Crippen LogP contribution is 2.24. The molecule has 7 heteroatoms. The normalized spacial score (nSPS) is 22.0. The summed E-state index contributed by atoms with van der Waals surface area (Å²) in [5.41, 5.74) is 7.49. The van der Waals surface area contributed by atoms with Crippen molar-refractivity contribution in [3.8, 4) is 5.69 Å². The van der Waals surface area contributed by atoms with Crippen LogP contribution in [0.5, 0.6) is 0 Å². The molecule has 0 bridgehead atoms. The van der Waals surface area contributed by atoms with E-state index >= 15 is 0 Å². The average molecular weight is 286 g/mol. The third-order valence-electron chi connectivity index (χ3n) is 3.81. The first kappa shape index (κ1) is 13.7. The summed E-state index contributed by atoms with van der Waals surface area (Å²) >= 11 is 0. The van der Waals surface area contributed by atoms with E-state index in [9.17, 15) is 4.79 Å². The fourth-order valence-corrected chi connectivity index (χ4v) is 2.72. The summed E-state index contributed by atoms with van der Waals surface area (Å²) in [6, 6.07) is 7.58. The highest BCUT2D eigenvalue weighted by atomic mass is 16.1. The number of rotatable bonds is 3. The maximum Gasteiger partial charge on any atom is 0.227 e. The predicted octanol–water partition coefficient (Wildman–Crippen LogP) is 1.12. The molecule has 1 amide bonds. The molecule has 3 rings (SSSR count). The van der Waals surface area contributed by atoms with Crippen molar-refractivity contribution in [1.29, 1.82) is 0 Å². The predicted molar refractivity (Wildman–Crippen MR) is 77.7 cm³/mol. The second-order valence-corrected chi connectivity index (χ2v) is 5.42. The fourth-order valence-electron chi connectivity index (χ4n) is 2.72. The third-order valence-corrected chi connectivity index (χ3v) is 3.81. The number of anilines is 1. The molecule has 7 nitrogen and oxygen atoms in total. The summed E-state index contributed by atoms with van der Waals surface area (Å²) in [4.78, 5) is 12.3. The summed E-state index contributed by atoms with van der Waals surface area (Å²) in [6.45, 7) is 0. The number of nitrogens with one attached hydrogen (secondary N) is 1. The average Bonchev–Trinajstić information content (AvgIpc) is 3.02. The summed E-state index contributed by atoms with van der Waals surface area (Å²) in [5.74, 6) is 0.0458. The minimum absolute atomic E-state index is 0.00504. The zero-order chi connectivity index (χ0) is 14.7. The van der Waals surface area contributed by atoms with Gasteiger partial charge in [0.05, 0.1) is 5.69 Å². The van der Waals surface area contributed by atoms with Crippen LogP contribution in [-0.2, 0) is 4.79 Å². The van der Waals surface area contributed by atoms with Crippen molar-refractivity contribution in [2.45, 2.75) is 31.7 Å². The molecule has 1 fully saturated rings. The zero-order valence-corrected chi connectivity index (χ0v) is 11.6. The lowest BCUT2D eigenvalue weighted by atomic mass is 9.85. The first-order chi connectivity index (χ1) is 10.2. The van der Waals surface area contributed by atoms with E-state index in [2.05, 4.69) is 20.8 Å². The first-order valence-electron chi connectivity index (χ1n) is 7.12. The Morgan fingerprint density at radius 1 is 1.38 bits per heavy atom. The minimum Gasteiger partial charge on any atom is -0.328 e. The van der Waals surface area contributed by atoms with Crippen LogP contribution in [0.3, 0.4) is 0 Å². The van der Waals surface area contributed by atoms with Gasteiger partial charge in [-0.25, -0.2) is 4.68 Å². The number of carbonyl (C=O) groups excluding carboxylic acids is 1. The van der Waals surface area contributed by atoms with Gasteiger partial charge in [0.15, 0.2) is 0 Å². The van der Waals surface area contributed by atoms with Crippen LogP contribution in [0.25, 0.3) is 5.69 Å². The largest absolute Gasteiger partial charge is 0.328 e. The Morgan fingerprint density at radius 3 is 3.05 bits per heavy atom. The third kappa shape index (κ3) is 3.25. The first-order valence-corrected chi connectivity index (χ1v) is 7.12. The van der Waals surface area contributed by atoms with Crippen molar-refractivity contribution in [2.24, 2.45) is 11.7 Å². The van der Waals surface area contributed by atoms with E-state index in [1.54, 1.807) is 4.68 Å². The topological polar surface area (TPSA) is 98.7 Å². The monoisotopic (exact) mass is 286 g/mol. The highest BCUT2D eigenvalue weighted by molar-refractivity contribution is 5.92. The number of tetrazole rings is 1. The molecule has 2 unspecified atom stereocenters. The molecule has 0 aliphatic heterocycles. The van der Waals surface area contributed by atoms with Crippen molar-refractivity contribution >= 4 is 11.6 Å². The van der Waals surface area contributed by atoms with Gasteiger partial charge in [-0.15, -0.1) is 5.10 Å². The standard InChI is InChI=1S/C14H18N6O/c15-11-4-1-3-10(7-11)14(21)17-12-5-2-6-13(8-12)20-9-16-18-19-20/h2,5-6,8-11H,1,3-4,7,15H2,(H,17,21). The summed E-state index contributed by atoms with van der Waals surface area (Å²) < 4.78 is 1.55. The molecule has 1 aromatic heterocycles. The van der Waals surface area contributed by atoms with Crippen molar-refractivity contribution < 1.29 is 4.79 Å². The van der Waals surface area contributed by atoms with Crippen LogP contribution >= 0.6 is 0 Å². The molecule has 1 heterocycles. The number of carbonyl (C=O) groups is 1. The van der Waals surface area contributed by atoms with E-state index in [1.165, 1.54) is 6.33 Å². The molecule has 110 valence electrons. The van der Waals surface area contributed by atoms with Crippen LogP contribution in [0.1, 0.15) is 25.7 Å². The summed E-state index contributed by atoms with van der Waals surface area (Å²) in [5, 5.41) is 14.0. The lowest BCUT2D eigenvalue weighted by Crippen LogP contribution is -2.34. The van der Waals surface area contributed by atoms with Gasteiger partial charge in [0.1, 0.15) is 6.33 Å². The number of nitrogens with zero attached hydrogens (tertiary/aromatic N) is 4. The molecule has 21 heavy (non-hydrogen) atoms. The molecule has 2 atom stereocenters. The molecule has 0 radical (unpaired) electrons. The summed E-state index contributed by atoms with van der Waals surface area (Å²) in [7, 11) is 0. The molecule has 3 N–H and O–H groups in total. The second-order valence-electron chi connectivity index (χ2n) is 5.42. The van der Waals surface area contributed by atoms with Gasteiger partial charge in [0.25, 0.3) is 0 Å². The number of hydrogen-bond donors (Lipinski definition) is 2. The van der Waals surface area contributed by atoms with Crippen LogP contribution in [-0.4, -0.2) is 32.2 Å². The number of benzene rings is 1. The number of amides is 1. The maximum atomic E-state index is 12.3. The molecular weight excluding hydrogens is 268 g/mol. The van der Waals surface area contributed by atoms with Crippen molar-refractivity contribution in [2.75, 3.05) is 5.32 Å². The molecule has 0 saturated heterocycles. The molecule has 0 spiro atoms. The van der Waals surface area contributed by atoms with Gasteiger partial charge >= 0.3 is 0 Å². The van der Waals surface area contributed by atoms with Gasteiger partial charge in [-0.1, -0.05) is 12.5 Å². The van der Waals surface area contributed by atoms with Gasteiger partial charge in [-0.2, -0.15) is 0 Å². The quantitative estimate of drug-likeness (QED) is 0.881. The number of aromatic nitrogens is 4. The van der Waals surface area contributed by atoms with Gasteiger partial charge < -0.3 is 11.1 Å². The molecule has 1 aromatic carbocycles. The molecule has 1 aliphatic rings. The van der Waals surface area contributed by atoms with Gasteiger partial charge in [0, 0.05) is 17.6 Å². The lowest BCUT2D eigenvalue weighted by Gasteiger charge is -2.25. The Morgan fingerprint density at radius 2 is 2.29 bits per heavy atom. The zero-order valence-electron chi connectivity index (χ0n) is 11.6. The Kier molecular flexibility index (Phi) is 3.92. The maximum absolute atomic E-state index is 12.3. The van der Waals surface area contributed by atoms with Gasteiger partial charge in [-0.05, 0) is 47.9 Å². The van der Waals surface area contributed by atoms with Crippen molar-refractivity contribution in [3.63, 3.8) is 0 Å². The van der Waals surface area contributed by atoms with Crippen molar-refractivity contribution in [1.82, 2.24) is 20.2 Å². The molecular formula is C14H18N6O. The Hall–Kier alpha value is -2.28. The van der Waals surface area contributed by atoms with Gasteiger partial charge in [-0.3, -0.25) is 4.79 Å². The van der Waals surface area contributed by atoms with Crippen LogP contribution in [0.4, 0.5) is 5.69 Å². The molecule has 1 aliphatic carbocycles. The van der Waals surface area contributed by atoms with E-state index in [0.717, 1.165) is 37.1 Å². The van der Waals surface area contributed by atoms with E-state index < -0.39 is 0 Å². The second kappa shape index (κ2) is 6.01. The van der Waals surface area contributed by atoms with Crippen LogP contribution in [0, 0.1) is 5.92 Å². The number of nitrogens with two attached hydrogens (primary N) is 1. The Bertz CT molecular complexity index is 612. The molecule has 1 saturated carbocycles.